The van der Waals surface area contributed by atoms with E-state index in [9.17, 15) is 20.1 Å². The van der Waals surface area contributed by atoms with E-state index in [1.807, 2.05) is 62.6 Å². The van der Waals surface area contributed by atoms with E-state index < -0.39 is 124 Å². The van der Waals surface area contributed by atoms with Crippen LogP contribution in [0.15, 0.2) is 5.16 Å². The number of hydrogen-bond acceptors (Lipinski definition) is 16. The van der Waals surface area contributed by atoms with Gasteiger partial charge in [-0.2, -0.15) is 0 Å². The third-order valence-corrected chi connectivity index (χ3v) is 17.1. The van der Waals surface area contributed by atoms with Crippen molar-refractivity contribution in [3.63, 3.8) is 0 Å². The Morgan fingerprint density at radius 3 is 1.96 bits per heavy atom. The maximum absolute atomic E-state index is 14.8. The van der Waals surface area contributed by atoms with Gasteiger partial charge in [0.15, 0.2) is 29.2 Å². The van der Waals surface area contributed by atoms with Crippen molar-refractivity contribution in [3.05, 3.63) is 0 Å². The van der Waals surface area contributed by atoms with Crippen molar-refractivity contribution in [1.29, 1.82) is 0 Å². The van der Waals surface area contributed by atoms with Gasteiger partial charge in [0.25, 0.3) is 0 Å². The minimum absolute atomic E-state index is 0.0531. The molecule has 3 aliphatic heterocycles. The van der Waals surface area contributed by atoms with Gasteiger partial charge in [-0.15, -0.1) is 0 Å². The number of esters is 1. The molecule has 3 saturated heterocycles. The summed E-state index contributed by atoms with van der Waals surface area (Å²) in [6.45, 7) is 35.1. The molecule has 3 heterocycles. The minimum Gasteiger partial charge on any atom is -0.459 e. The highest BCUT2D eigenvalue weighted by Crippen LogP contribution is 2.43. The van der Waals surface area contributed by atoms with Crippen molar-refractivity contribution in [2.24, 2.45) is 28.8 Å². The molecule has 0 aromatic carbocycles. The number of hydrogen-bond donors (Lipinski definition) is 3. The van der Waals surface area contributed by atoms with Gasteiger partial charge >= 0.3 is 5.97 Å². The minimum atomic E-state index is -2.23. The number of likely N-dealkylation sites (N-methyl/N-ethyl adjacent to an activating group) is 1. The largest absolute Gasteiger partial charge is 0.459 e. The second kappa shape index (κ2) is 24.3. The summed E-state index contributed by atoms with van der Waals surface area (Å²) in [5, 5.41) is 43.0. The molecule has 3 N–H and O–H groups in total. The number of nitrogens with zero attached hydrogens (tertiary/aromatic N) is 2. The molecule has 0 amide bonds. The van der Waals surface area contributed by atoms with E-state index in [2.05, 4.69) is 44.2 Å². The van der Waals surface area contributed by atoms with Gasteiger partial charge in [0.1, 0.15) is 17.8 Å². The zero-order valence-electron chi connectivity index (χ0n) is 47.3. The van der Waals surface area contributed by atoms with Gasteiger partial charge in [-0.05, 0) is 141 Å². The molecule has 410 valence electrons. The fraction of sp³-hybridized carbons (Fsp3) is 0.962. The summed E-state index contributed by atoms with van der Waals surface area (Å²) in [4.78, 5) is 23.5. The van der Waals surface area contributed by atoms with Crippen molar-refractivity contribution in [1.82, 2.24) is 4.90 Å². The van der Waals surface area contributed by atoms with Crippen molar-refractivity contribution >= 4 is 28.3 Å². The zero-order valence-corrected chi connectivity index (χ0v) is 49.3. The van der Waals surface area contributed by atoms with Crippen molar-refractivity contribution in [2.75, 3.05) is 21.2 Å². The highest BCUT2D eigenvalue weighted by molar-refractivity contribution is 6.70. The third-order valence-electron chi connectivity index (χ3n) is 15.1. The van der Waals surface area contributed by atoms with Crippen LogP contribution in [0.2, 0.25) is 39.3 Å². The van der Waals surface area contributed by atoms with E-state index in [-0.39, 0.29) is 37.5 Å². The molecule has 0 bridgehead atoms. The summed E-state index contributed by atoms with van der Waals surface area (Å²) in [5.74, 6) is -4.82. The molecular weight excluding hydrogens is 933 g/mol. The lowest BCUT2D eigenvalue weighted by Crippen LogP contribution is -2.62. The van der Waals surface area contributed by atoms with Gasteiger partial charge in [-0.25, -0.2) is 0 Å². The van der Waals surface area contributed by atoms with Crippen LogP contribution in [0.5, 0.6) is 0 Å². The lowest BCUT2D eigenvalue weighted by Gasteiger charge is -2.51. The first-order valence-corrected chi connectivity index (χ1v) is 33.4. The number of aliphatic hydroxyl groups excluding tert-OH is 1. The van der Waals surface area contributed by atoms with E-state index in [0.29, 0.717) is 25.0 Å². The number of ether oxygens (including phenoxy) is 7. The second-order valence-corrected chi connectivity index (χ2v) is 33.6. The normalized spacial score (nSPS) is 42.7. The summed E-state index contributed by atoms with van der Waals surface area (Å²) < 4.78 is 60.5. The number of oxime groups is 1. The molecule has 1 saturated carbocycles. The van der Waals surface area contributed by atoms with Crippen LogP contribution in [0.25, 0.3) is 0 Å². The zero-order chi connectivity index (χ0) is 53.1. The Morgan fingerprint density at radius 2 is 1.43 bits per heavy atom. The molecule has 0 spiro atoms. The highest BCUT2D eigenvalue weighted by Gasteiger charge is 2.55. The maximum Gasteiger partial charge on any atom is 0.311 e. The van der Waals surface area contributed by atoms with E-state index in [0.717, 1.165) is 19.3 Å². The van der Waals surface area contributed by atoms with Gasteiger partial charge in [0, 0.05) is 50.2 Å². The SMILES string of the molecule is CCC1OC(=O)[C@H](C)C(O[C@H]2C[C@@](C)(OC)[C@@H](O[Si](C)(C)C)[C@H](C)O2)[C@H](C)[C@@H](O[C@@H]2O[C@H](C)C[C@H](N(C)C)[C@H]2O[Si](C)(C)C)[C@](C)(O)C[C@@H](C)/C(=N\OC2(OC(C)C)CCCCC2)[C@H](C)[C@@H](O)[C@]1(C)O. The average Bonchev–Trinajstić information content (AvgIpc) is 3.23. The van der Waals surface area contributed by atoms with Crippen LogP contribution < -0.4 is 0 Å². The quantitative estimate of drug-likeness (QED) is 0.0614. The first-order valence-electron chi connectivity index (χ1n) is 26.6. The summed E-state index contributed by atoms with van der Waals surface area (Å²) in [6.07, 6.45) is -2.93. The second-order valence-electron chi connectivity index (χ2n) is 24.7. The Bertz CT molecular complexity index is 1680. The number of rotatable bonds is 15. The van der Waals surface area contributed by atoms with Gasteiger partial charge in [0.2, 0.25) is 5.79 Å². The van der Waals surface area contributed by atoms with Crippen LogP contribution in [0.4, 0.5) is 0 Å². The monoisotopic (exact) mass is 1030 g/mol. The van der Waals surface area contributed by atoms with Crippen molar-refractivity contribution < 1.29 is 67.0 Å². The molecule has 4 aliphatic rings. The van der Waals surface area contributed by atoms with Gasteiger partial charge < -0.3 is 67.1 Å². The number of cyclic esters (lactones) is 1. The van der Waals surface area contributed by atoms with Crippen LogP contribution in [-0.4, -0.2) is 166 Å². The van der Waals surface area contributed by atoms with E-state index in [1.54, 1.807) is 34.8 Å². The molecule has 0 aromatic rings. The van der Waals surface area contributed by atoms with Gasteiger partial charge in [-0.1, -0.05) is 39.3 Å². The maximum atomic E-state index is 14.8. The van der Waals surface area contributed by atoms with Crippen molar-refractivity contribution in [2.45, 2.75) is 276 Å². The standard InChI is InChI=1S/C52H100N2O14Si2/c1-22-39-51(12,58)44(55)34(6)41(53-68-52(65-31(2)3)26-24-23-25-27-52)32(4)29-49(10,57)45(64-48-43(66-69(16,17)18)38(54(13)14)28-33(5)60-48)35(7)42(36(8)47(56)62-39)63-40-30-50(11,59-15)46(37(9)61-40)67-70(19,20)21/h31-40,42-46,48,55,57-58H,22-30H2,1-21H3/b53-41+/t32-,33-,34+,35+,36-,37+,38+,39?,40+,42?,43-,44-,45-,46+,48+,49-,50-,51-/m1/s1. The fourth-order valence-electron chi connectivity index (χ4n) is 11.6. The summed E-state index contributed by atoms with van der Waals surface area (Å²) in [6, 6.07) is -0.0774. The Kier molecular flexibility index (Phi) is 21.3. The van der Waals surface area contributed by atoms with Crippen molar-refractivity contribution in [3.8, 4) is 0 Å². The Balaban J connectivity index is 1.96. The molecule has 1 aliphatic carbocycles. The summed E-state index contributed by atoms with van der Waals surface area (Å²) in [7, 11) is 1.42. The van der Waals surface area contributed by atoms with Gasteiger partial charge in [0.05, 0.1) is 65.6 Å². The van der Waals surface area contributed by atoms with Crippen LogP contribution >= 0.6 is 0 Å². The Hall–Kier alpha value is -1.11. The molecular formula is C52H100N2O14Si2. The molecule has 18 heteroatoms. The molecule has 2 unspecified atom stereocenters. The molecule has 16 nitrogen and oxygen atoms in total. The molecule has 0 aromatic heterocycles. The van der Waals surface area contributed by atoms with Gasteiger partial charge in [-0.3, -0.25) is 4.79 Å². The van der Waals surface area contributed by atoms with Crippen LogP contribution in [0, 0.1) is 23.7 Å². The first kappa shape index (κ1) is 61.4. The van der Waals surface area contributed by atoms with E-state index in [4.69, 9.17) is 52.0 Å². The van der Waals surface area contributed by atoms with Crippen LogP contribution in [0.1, 0.15) is 141 Å². The molecule has 0 radical (unpaired) electrons. The lowest BCUT2D eigenvalue weighted by molar-refractivity contribution is -0.315. The Labute approximate surface area is 425 Å². The predicted molar refractivity (Wildman–Crippen MR) is 276 cm³/mol. The number of aliphatic hydroxyl groups is 3. The molecule has 70 heavy (non-hydrogen) atoms. The lowest BCUT2D eigenvalue weighted by atomic mass is 9.73. The number of carbonyl (C=O) groups is 1. The van der Waals surface area contributed by atoms with E-state index in [1.165, 1.54) is 6.92 Å². The molecule has 4 fully saturated rings. The third kappa shape index (κ3) is 15.5. The number of carbonyl (C=O) groups excluding carboxylic acids is 1. The highest BCUT2D eigenvalue weighted by atomic mass is 28.4. The topological polar surface area (TPSA) is 186 Å². The Morgan fingerprint density at radius 1 is 0.829 bits per heavy atom. The first-order chi connectivity index (χ1) is 32.1. The average molecular weight is 1030 g/mol. The summed E-state index contributed by atoms with van der Waals surface area (Å²) in [5.41, 5.74) is -4.07. The molecule has 4 rings (SSSR count). The van der Waals surface area contributed by atoms with E-state index >= 15 is 0 Å². The summed E-state index contributed by atoms with van der Waals surface area (Å²) >= 11 is 0. The molecule has 18 atom stereocenters. The smallest absolute Gasteiger partial charge is 0.311 e. The van der Waals surface area contributed by atoms with Crippen LogP contribution in [-0.2, 0) is 51.6 Å². The number of methoxy groups -OCH3 is 1. The van der Waals surface area contributed by atoms with Crippen LogP contribution in [0.3, 0.4) is 0 Å². The fourth-order valence-corrected chi connectivity index (χ4v) is 13.9. The predicted octanol–water partition coefficient (Wildman–Crippen LogP) is 8.39.